The van der Waals surface area contributed by atoms with E-state index in [1.54, 1.807) is 23.1 Å². The lowest BCUT2D eigenvalue weighted by atomic mass is 10.3. The summed E-state index contributed by atoms with van der Waals surface area (Å²) in [4.78, 5) is 11.6. The van der Waals surface area contributed by atoms with Crippen molar-refractivity contribution >= 4 is 34.2 Å². The first-order valence-corrected chi connectivity index (χ1v) is 6.09. The van der Waals surface area contributed by atoms with Gasteiger partial charge in [0.05, 0.1) is 21.1 Å². The van der Waals surface area contributed by atoms with Crippen LogP contribution in [0.5, 0.6) is 0 Å². The molecule has 0 spiro atoms. The molecular weight excluding hydrogens is 273 g/mol. The van der Waals surface area contributed by atoms with E-state index in [0.717, 1.165) is 16.9 Å². The van der Waals surface area contributed by atoms with Crippen LogP contribution in [0.15, 0.2) is 24.8 Å². The lowest BCUT2D eigenvalue weighted by Crippen LogP contribution is -2.08. The van der Waals surface area contributed by atoms with Crippen molar-refractivity contribution in [3.63, 3.8) is 0 Å². The van der Waals surface area contributed by atoms with E-state index in [1.807, 2.05) is 6.92 Å². The zero-order valence-electron chi connectivity index (χ0n) is 9.43. The maximum absolute atomic E-state index is 5.97. The number of nitrogens with one attached hydrogen (secondary N) is 1. The van der Waals surface area contributed by atoms with E-state index in [0.29, 0.717) is 10.0 Å². The summed E-state index contributed by atoms with van der Waals surface area (Å²) in [5.74, 6) is 0.786. The van der Waals surface area contributed by atoms with Gasteiger partial charge in [-0.2, -0.15) is 5.10 Å². The highest BCUT2D eigenvalue weighted by molar-refractivity contribution is 6.42. The van der Waals surface area contributed by atoms with Gasteiger partial charge in [-0.25, -0.2) is 14.6 Å². The third-order valence-electron chi connectivity index (χ3n) is 2.77. The van der Waals surface area contributed by atoms with Gasteiger partial charge in [-0.3, -0.25) is 0 Å². The van der Waals surface area contributed by atoms with E-state index >= 15 is 0 Å². The second-order valence-corrected chi connectivity index (χ2v) is 4.77. The maximum Gasteiger partial charge on any atom is 0.137 e. The van der Waals surface area contributed by atoms with Crippen LogP contribution >= 0.6 is 23.2 Å². The standard InChI is InChI=1S/C11H9Cl2N5/c1-6(18-5-14-4-15-18)11-16-9-2-7(12)8(13)3-10(9)17-11/h2-6H,1H3,(H,16,17). The van der Waals surface area contributed by atoms with Crippen LogP contribution in [0.4, 0.5) is 0 Å². The first-order chi connectivity index (χ1) is 8.65. The number of aromatic nitrogens is 5. The lowest BCUT2D eigenvalue weighted by Gasteiger charge is -2.06. The van der Waals surface area contributed by atoms with Gasteiger partial charge in [0.2, 0.25) is 0 Å². The molecule has 1 N–H and O–H groups in total. The van der Waals surface area contributed by atoms with Gasteiger partial charge < -0.3 is 4.98 Å². The van der Waals surface area contributed by atoms with E-state index in [1.165, 1.54) is 6.33 Å². The molecule has 2 heterocycles. The fourth-order valence-corrected chi connectivity index (χ4v) is 2.09. The Kier molecular flexibility index (Phi) is 2.72. The number of hydrogen-bond acceptors (Lipinski definition) is 3. The minimum absolute atomic E-state index is 0.0301. The topological polar surface area (TPSA) is 59.4 Å². The van der Waals surface area contributed by atoms with Gasteiger partial charge in [-0.05, 0) is 19.1 Å². The van der Waals surface area contributed by atoms with Crippen molar-refractivity contribution in [2.75, 3.05) is 0 Å². The monoisotopic (exact) mass is 281 g/mol. The van der Waals surface area contributed by atoms with Gasteiger partial charge in [0.1, 0.15) is 24.5 Å². The maximum atomic E-state index is 5.97. The zero-order valence-corrected chi connectivity index (χ0v) is 10.9. The molecule has 0 aliphatic heterocycles. The molecule has 18 heavy (non-hydrogen) atoms. The van der Waals surface area contributed by atoms with Crippen molar-refractivity contribution < 1.29 is 0 Å². The number of nitrogens with zero attached hydrogens (tertiary/aromatic N) is 4. The summed E-state index contributed by atoms with van der Waals surface area (Å²) in [6.07, 6.45) is 3.14. The Bertz CT molecular complexity index is 650. The van der Waals surface area contributed by atoms with Gasteiger partial charge in [0, 0.05) is 0 Å². The molecule has 2 aromatic heterocycles. The molecule has 0 saturated carbocycles. The van der Waals surface area contributed by atoms with E-state index in [9.17, 15) is 0 Å². The number of hydrogen-bond donors (Lipinski definition) is 1. The number of aromatic amines is 1. The molecule has 1 atom stereocenters. The SMILES string of the molecule is CC(c1nc2cc(Cl)c(Cl)cc2[nH]1)n1cncn1. The highest BCUT2D eigenvalue weighted by atomic mass is 35.5. The zero-order chi connectivity index (χ0) is 12.7. The normalized spacial score (nSPS) is 13.1. The second-order valence-electron chi connectivity index (χ2n) is 3.96. The highest BCUT2D eigenvalue weighted by Crippen LogP contribution is 2.27. The Morgan fingerprint density at radius 2 is 2.06 bits per heavy atom. The number of rotatable bonds is 2. The predicted octanol–water partition coefficient (Wildman–Crippen LogP) is 3.07. The first-order valence-electron chi connectivity index (χ1n) is 5.34. The average molecular weight is 282 g/mol. The molecule has 0 fully saturated rings. The first kappa shape index (κ1) is 11.5. The van der Waals surface area contributed by atoms with Crippen molar-refractivity contribution in [2.24, 2.45) is 0 Å². The van der Waals surface area contributed by atoms with Crippen molar-refractivity contribution in [1.82, 2.24) is 24.7 Å². The molecule has 0 aliphatic carbocycles. The largest absolute Gasteiger partial charge is 0.340 e. The number of fused-ring (bicyclic) bond motifs is 1. The lowest BCUT2D eigenvalue weighted by molar-refractivity contribution is 0.541. The number of H-pyrrole nitrogens is 1. The predicted molar refractivity (Wildman–Crippen MR) is 69.9 cm³/mol. The van der Waals surface area contributed by atoms with E-state index in [2.05, 4.69) is 20.1 Å². The van der Waals surface area contributed by atoms with Crippen molar-refractivity contribution in [3.8, 4) is 0 Å². The van der Waals surface area contributed by atoms with Crippen LogP contribution in [0, 0.1) is 0 Å². The second kappa shape index (κ2) is 4.26. The molecule has 1 aromatic carbocycles. The van der Waals surface area contributed by atoms with E-state index < -0.39 is 0 Å². The van der Waals surface area contributed by atoms with Crippen LogP contribution in [0.1, 0.15) is 18.8 Å². The fraction of sp³-hybridized carbons (Fsp3) is 0.182. The Morgan fingerprint density at radius 1 is 1.28 bits per heavy atom. The Morgan fingerprint density at radius 3 is 2.78 bits per heavy atom. The quantitative estimate of drug-likeness (QED) is 0.785. The van der Waals surface area contributed by atoms with Crippen LogP contribution in [-0.4, -0.2) is 24.7 Å². The third-order valence-corrected chi connectivity index (χ3v) is 3.49. The van der Waals surface area contributed by atoms with Gasteiger partial charge in [0.15, 0.2) is 0 Å². The Hall–Kier alpha value is -1.59. The van der Waals surface area contributed by atoms with E-state index in [4.69, 9.17) is 23.2 Å². The molecule has 5 nitrogen and oxygen atoms in total. The molecule has 0 radical (unpaired) electrons. The molecule has 0 aliphatic rings. The van der Waals surface area contributed by atoms with Crippen LogP contribution in [0.2, 0.25) is 10.0 Å². The smallest absolute Gasteiger partial charge is 0.137 e. The van der Waals surface area contributed by atoms with Crippen LogP contribution in [0.3, 0.4) is 0 Å². The highest BCUT2D eigenvalue weighted by Gasteiger charge is 2.14. The van der Waals surface area contributed by atoms with Gasteiger partial charge in [-0.15, -0.1) is 0 Å². The summed E-state index contributed by atoms with van der Waals surface area (Å²) in [5.41, 5.74) is 1.64. The minimum atomic E-state index is -0.0301. The number of halogens is 2. The molecule has 7 heteroatoms. The molecule has 3 aromatic rings. The fourth-order valence-electron chi connectivity index (χ4n) is 1.77. The van der Waals surface area contributed by atoms with Crippen LogP contribution in [-0.2, 0) is 0 Å². The molecule has 1 unspecified atom stereocenters. The molecule has 3 rings (SSSR count). The van der Waals surface area contributed by atoms with Crippen LogP contribution in [0.25, 0.3) is 11.0 Å². The van der Waals surface area contributed by atoms with Crippen molar-refractivity contribution in [1.29, 1.82) is 0 Å². The van der Waals surface area contributed by atoms with Crippen molar-refractivity contribution in [2.45, 2.75) is 13.0 Å². The number of benzene rings is 1. The van der Waals surface area contributed by atoms with Gasteiger partial charge in [-0.1, -0.05) is 23.2 Å². The Balaban J connectivity index is 2.08. The summed E-state index contributed by atoms with van der Waals surface area (Å²) < 4.78 is 1.72. The van der Waals surface area contributed by atoms with Crippen molar-refractivity contribution in [3.05, 3.63) is 40.7 Å². The molecule has 92 valence electrons. The van der Waals surface area contributed by atoms with E-state index in [-0.39, 0.29) is 6.04 Å². The summed E-state index contributed by atoms with van der Waals surface area (Å²) in [6.45, 7) is 1.98. The van der Waals surface area contributed by atoms with Gasteiger partial charge in [0.25, 0.3) is 0 Å². The molecule has 0 amide bonds. The summed E-state index contributed by atoms with van der Waals surface area (Å²) in [7, 11) is 0. The average Bonchev–Trinajstić information content (AvgIpc) is 2.97. The van der Waals surface area contributed by atoms with Gasteiger partial charge >= 0.3 is 0 Å². The van der Waals surface area contributed by atoms with Crippen LogP contribution < -0.4 is 0 Å². The Labute approximate surface area is 113 Å². The third kappa shape index (κ3) is 1.85. The summed E-state index contributed by atoms with van der Waals surface area (Å²) in [6, 6.07) is 3.48. The molecular formula is C11H9Cl2N5. The summed E-state index contributed by atoms with van der Waals surface area (Å²) in [5, 5.41) is 5.09. The molecule has 0 bridgehead atoms. The number of imidazole rings is 1. The summed E-state index contributed by atoms with van der Waals surface area (Å²) >= 11 is 11.9. The minimum Gasteiger partial charge on any atom is -0.340 e. The molecule has 0 saturated heterocycles.